The summed E-state index contributed by atoms with van der Waals surface area (Å²) in [7, 11) is 3.64. The van der Waals surface area contributed by atoms with Crippen LogP contribution in [0.1, 0.15) is 35.0 Å². The van der Waals surface area contributed by atoms with Gasteiger partial charge in [0.15, 0.2) is 0 Å². The Bertz CT molecular complexity index is 876. The number of hydrogen-bond acceptors (Lipinski definition) is 5. The van der Waals surface area contributed by atoms with Crippen LogP contribution in [0.2, 0.25) is 0 Å². The number of amides is 2. The smallest absolute Gasteiger partial charge is 0.229 e. The highest BCUT2D eigenvalue weighted by molar-refractivity contribution is 5.90. The largest absolute Gasteiger partial charge is 0.338 e. The highest BCUT2D eigenvalue weighted by Crippen LogP contribution is 2.39. The summed E-state index contributed by atoms with van der Waals surface area (Å²) in [6, 6.07) is -0.268. The molecule has 2 amide bonds. The van der Waals surface area contributed by atoms with Crippen molar-refractivity contribution in [3.05, 3.63) is 41.2 Å². The topological polar surface area (TPSA) is 84.2 Å². The predicted molar refractivity (Wildman–Crippen MR) is 92.7 cm³/mol. The Morgan fingerprint density at radius 3 is 2.81 bits per heavy atom. The van der Waals surface area contributed by atoms with Gasteiger partial charge in [0, 0.05) is 44.5 Å². The maximum Gasteiger partial charge on any atom is 0.229 e. The number of carbonyl (C=O) groups excluding carboxylic acids is 2. The lowest BCUT2D eigenvalue weighted by Crippen LogP contribution is -2.41. The summed E-state index contributed by atoms with van der Waals surface area (Å²) in [4.78, 5) is 37.5. The predicted octanol–water partition coefficient (Wildman–Crippen LogP) is 0.623. The molecular weight excluding hydrogens is 332 g/mol. The van der Waals surface area contributed by atoms with E-state index in [-0.39, 0.29) is 24.3 Å². The second-order valence-electron chi connectivity index (χ2n) is 7.07. The van der Waals surface area contributed by atoms with Crippen LogP contribution in [-0.4, -0.2) is 55.0 Å². The van der Waals surface area contributed by atoms with Crippen LogP contribution in [0.3, 0.4) is 0 Å². The van der Waals surface area contributed by atoms with Crippen LogP contribution in [0.5, 0.6) is 0 Å². The Labute approximate surface area is 151 Å². The number of carbonyl (C=O) groups is 2. The Balaban J connectivity index is 1.62. The Morgan fingerprint density at radius 1 is 1.27 bits per heavy atom. The summed E-state index contributed by atoms with van der Waals surface area (Å²) >= 11 is 0. The highest BCUT2D eigenvalue weighted by Gasteiger charge is 2.45. The summed E-state index contributed by atoms with van der Waals surface area (Å²) < 4.78 is 1.78. The number of hydrogen-bond donors (Lipinski definition) is 0. The van der Waals surface area contributed by atoms with E-state index in [1.54, 1.807) is 22.8 Å². The van der Waals surface area contributed by atoms with Crippen LogP contribution in [0.15, 0.2) is 18.7 Å². The van der Waals surface area contributed by atoms with Crippen LogP contribution in [0.25, 0.3) is 0 Å². The van der Waals surface area contributed by atoms with E-state index >= 15 is 0 Å². The SMILES string of the molecule is Cc1c([C@@H]2[C@@H](C(=O)N3CCc4cncnc4C3)CC(=O)N2C)cnn1C. The third kappa shape index (κ3) is 2.56. The summed E-state index contributed by atoms with van der Waals surface area (Å²) in [6.45, 7) is 3.07. The fourth-order valence-electron chi connectivity index (χ4n) is 4.00. The van der Waals surface area contributed by atoms with Gasteiger partial charge in [0.25, 0.3) is 0 Å². The fraction of sp³-hybridized carbons (Fsp3) is 0.500. The first-order valence-electron chi connectivity index (χ1n) is 8.78. The molecule has 4 rings (SSSR count). The lowest BCUT2D eigenvalue weighted by molar-refractivity contribution is -0.137. The highest BCUT2D eigenvalue weighted by atomic mass is 16.2. The van der Waals surface area contributed by atoms with Crippen molar-refractivity contribution in [3.63, 3.8) is 0 Å². The van der Waals surface area contributed by atoms with Crippen LogP contribution in [-0.2, 0) is 29.6 Å². The van der Waals surface area contributed by atoms with Gasteiger partial charge < -0.3 is 9.80 Å². The second-order valence-corrected chi connectivity index (χ2v) is 7.07. The Hall–Kier alpha value is -2.77. The van der Waals surface area contributed by atoms with Crippen molar-refractivity contribution in [3.8, 4) is 0 Å². The second kappa shape index (κ2) is 6.19. The molecule has 2 aliphatic heterocycles. The van der Waals surface area contributed by atoms with Crippen LogP contribution < -0.4 is 0 Å². The van der Waals surface area contributed by atoms with Gasteiger partial charge in [0.05, 0.1) is 30.4 Å². The molecule has 4 heterocycles. The molecule has 0 unspecified atom stereocenters. The molecule has 0 aliphatic carbocycles. The number of likely N-dealkylation sites (tertiary alicyclic amines) is 1. The molecule has 136 valence electrons. The molecule has 0 bridgehead atoms. The number of rotatable bonds is 2. The molecule has 2 aromatic heterocycles. The fourth-order valence-corrected chi connectivity index (χ4v) is 4.00. The molecule has 0 N–H and O–H groups in total. The molecule has 2 atom stereocenters. The first-order valence-corrected chi connectivity index (χ1v) is 8.78. The summed E-state index contributed by atoms with van der Waals surface area (Å²) in [6.07, 6.45) is 6.09. The number of aryl methyl sites for hydroxylation is 1. The van der Waals surface area contributed by atoms with E-state index in [9.17, 15) is 9.59 Å². The van der Waals surface area contributed by atoms with Crippen molar-refractivity contribution >= 4 is 11.8 Å². The standard InChI is InChI=1S/C18H22N6O2/c1-11-14(8-21-23(11)3)17-13(6-16(25)22(17)2)18(26)24-5-4-12-7-19-10-20-15(12)9-24/h7-8,10,13,17H,4-6,9H2,1-3H3/t13-,17-/m0/s1. The van der Waals surface area contributed by atoms with Crippen molar-refractivity contribution in [1.82, 2.24) is 29.5 Å². The van der Waals surface area contributed by atoms with Gasteiger partial charge in [-0.1, -0.05) is 0 Å². The lowest BCUT2D eigenvalue weighted by Gasteiger charge is -2.32. The third-order valence-corrected chi connectivity index (χ3v) is 5.68. The van der Waals surface area contributed by atoms with Crippen LogP contribution in [0, 0.1) is 12.8 Å². The molecular formula is C18H22N6O2. The van der Waals surface area contributed by atoms with Gasteiger partial charge in [-0.2, -0.15) is 5.10 Å². The minimum absolute atomic E-state index is 0.00339. The van der Waals surface area contributed by atoms with Gasteiger partial charge in [0.2, 0.25) is 11.8 Å². The van der Waals surface area contributed by atoms with E-state index in [0.29, 0.717) is 13.1 Å². The maximum atomic E-state index is 13.3. The average molecular weight is 354 g/mol. The number of nitrogens with zero attached hydrogens (tertiary/aromatic N) is 6. The van der Waals surface area contributed by atoms with Crippen LogP contribution in [0.4, 0.5) is 0 Å². The zero-order valence-corrected chi connectivity index (χ0v) is 15.2. The van der Waals surface area contributed by atoms with E-state index in [4.69, 9.17) is 0 Å². The normalized spacial score (nSPS) is 22.7. The van der Waals surface area contributed by atoms with Crippen molar-refractivity contribution in [2.45, 2.75) is 32.4 Å². The minimum atomic E-state index is -0.390. The summed E-state index contributed by atoms with van der Waals surface area (Å²) in [5.41, 5.74) is 3.91. The maximum absolute atomic E-state index is 13.3. The molecule has 0 radical (unpaired) electrons. The van der Waals surface area contributed by atoms with Gasteiger partial charge in [-0.25, -0.2) is 9.97 Å². The molecule has 0 saturated carbocycles. The monoisotopic (exact) mass is 354 g/mol. The molecule has 0 aromatic carbocycles. The third-order valence-electron chi connectivity index (χ3n) is 5.68. The van der Waals surface area contributed by atoms with Crippen molar-refractivity contribution in [2.24, 2.45) is 13.0 Å². The van der Waals surface area contributed by atoms with Gasteiger partial charge in [-0.3, -0.25) is 14.3 Å². The van der Waals surface area contributed by atoms with Gasteiger partial charge in [0.1, 0.15) is 6.33 Å². The summed E-state index contributed by atoms with van der Waals surface area (Å²) in [5, 5.41) is 4.29. The van der Waals surface area contributed by atoms with Crippen molar-refractivity contribution in [2.75, 3.05) is 13.6 Å². The molecule has 2 aromatic rings. The zero-order chi connectivity index (χ0) is 18.4. The summed E-state index contributed by atoms with van der Waals surface area (Å²) in [5.74, 6) is -0.379. The Kier molecular flexibility index (Phi) is 3.97. The van der Waals surface area contributed by atoms with E-state index in [2.05, 4.69) is 15.1 Å². The molecule has 8 nitrogen and oxygen atoms in total. The first kappa shape index (κ1) is 16.7. The number of fused-ring (bicyclic) bond motifs is 1. The zero-order valence-electron chi connectivity index (χ0n) is 15.2. The molecule has 1 saturated heterocycles. The average Bonchev–Trinajstić information content (AvgIpc) is 3.13. The van der Waals surface area contributed by atoms with E-state index in [1.165, 1.54) is 6.33 Å². The van der Waals surface area contributed by atoms with Gasteiger partial charge >= 0.3 is 0 Å². The number of aromatic nitrogens is 4. The lowest BCUT2D eigenvalue weighted by atomic mass is 9.92. The Morgan fingerprint density at radius 2 is 2.08 bits per heavy atom. The van der Waals surface area contributed by atoms with Crippen LogP contribution >= 0.6 is 0 Å². The molecule has 2 aliphatic rings. The first-order chi connectivity index (χ1) is 12.5. The van der Waals surface area contributed by atoms with Crippen molar-refractivity contribution in [1.29, 1.82) is 0 Å². The minimum Gasteiger partial charge on any atom is -0.338 e. The quantitative estimate of drug-likeness (QED) is 0.789. The van der Waals surface area contributed by atoms with E-state index < -0.39 is 5.92 Å². The van der Waals surface area contributed by atoms with E-state index in [1.807, 2.05) is 25.1 Å². The molecule has 8 heteroatoms. The van der Waals surface area contributed by atoms with Gasteiger partial charge in [-0.15, -0.1) is 0 Å². The van der Waals surface area contributed by atoms with Crippen molar-refractivity contribution < 1.29 is 9.59 Å². The molecule has 1 fully saturated rings. The van der Waals surface area contributed by atoms with Gasteiger partial charge in [-0.05, 0) is 18.9 Å². The molecule has 0 spiro atoms. The van der Waals surface area contributed by atoms with E-state index in [0.717, 1.165) is 28.9 Å². The molecule has 26 heavy (non-hydrogen) atoms.